The number of thioether (sulfide) groups is 1. The van der Waals surface area contributed by atoms with Crippen LogP contribution in [0.25, 0.3) is 0 Å². The summed E-state index contributed by atoms with van der Waals surface area (Å²) in [4.78, 5) is 25.6. The minimum absolute atomic E-state index is 0.107. The fraction of sp³-hybridized carbons (Fsp3) is 0.167. The van der Waals surface area contributed by atoms with Crippen molar-refractivity contribution in [2.24, 2.45) is 0 Å². The third-order valence-electron chi connectivity index (χ3n) is 4.30. The lowest BCUT2D eigenvalue weighted by Crippen LogP contribution is -2.25. The first-order chi connectivity index (χ1) is 15.0. The minimum atomic E-state index is -0.474. The molecule has 2 amide bonds. The SMILES string of the molecule is CCC(Sc1cccc(NC(=O)COc2ccccc2)c1)C(=O)Nc1ccccc1F. The van der Waals surface area contributed by atoms with E-state index >= 15 is 0 Å². The van der Waals surface area contributed by atoms with Crippen molar-refractivity contribution in [3.8, 4) is 5.75 Å². The van der Waals surface area contributed by atoms with E-state index in [0.717, 1.165) is 4.90 Å². The van der Waals surface area contributed by atoms with E-state index in [0.29, 0.717) is 17.9 Å². The van der Waals surface area contributed by atoms with E-state index in [4.69, 9.17) is 4.74 Å². The van der Waals surface area contributed by atoms with Crippen LogP contribution in [0.5, 0.6) is 5.75 Å². The van der Waals surface area contributed by atoms with Gasteiger partial charge in [0.15, 0.2) is 6.61 Å². The fourth-order valence-electron chi connectivity index (χ4n) is 2.77. The second-order valence-electron chi connectivity index (χ2n) is 6.66. The van der Waals surface area contributed by atoms with Gasteiger partial charge >= 0.3 is 0 Å². The molecule has 0 radical (unpaired) electrons. The lowest BCUT2D eigenvalue weighted by atomic mass is 10.2. The number of ether oxygens (including phenoxy) is 1. The van der Waals surface area contributed by atoms with Crippen molar-refractivity contribution < 1.29 is 18.7 Å². The Hall–Kier alpha value is -3.32. The normalized spacial score (nSPS) is 11.4. The number of hydrogen-bond acceptors (Lipinski definition) is 4. The molecule has 3 aromatic rings. The van der Waals surface area contributed by atoms with Crippen LogP contribution in [0.1, 0.15) is 13.3 Å². The first-order valence-corrected chi connectivity index (χ1v) is 10.7. The van der Waals surface area contributed by atoms with Gasteiger partial charge in [-0.2, -0.15) is 0 Å². The van der Waals surface area contributed by atoms with Gasteiger partial charge in [0.25, 0.3) is 5.91 Å². The monoisotopic (exact) mass is 438 g/mol. The van der Waals surface area contributed by atoms with Crippen LogP contribution in [0.4, 0.5) is 15.8 Å². The number of rotatable bonds is 9. The highest BCUT2D eigenvalue weighted by molar-refractivity contribution is 8.00. The third kappa shape index (κ3) is 6.86. The summed E-state index contributed by atoms with van der Waals surface area (Å²) < 4.78 is 19.3. The van der Waals surface area contributed by atoms with Gasteiger partial charge in [0.05, 0.1) is 10.9 Å². The second-order valence-corrected chi connectivity index (χ2v) is 7.94. The number of hydrogen-bond donors (Lipinski definition) is 2. The Bertz CT molecular complexity index is 1030. The number of nitrogens with one attached hydrogen (secondary N) is 2. The Morgan fingerprint density at radius 3 is 2.45 bits per heavy atom. The van der Waals surface area contributed by atoms with Crippen LogP contribution in [0, 0.1) is 5.82 Å². The van der Waals surface area contributed by atoms with E-state index in [1.165, 1.54) is 23.9 Å². The highest BCUT2D eigenvalue weighted by Crippen LogP contribution is 2.29. The van der Waals surface area contributed by atoms with Gasteiger partial charge in [-0.3, -0.25) is 9.59 Å². The van der Waals surface area contributed by atoms with Gasteiger partial charge < -0.3 is 15.4 Å². The largest absolute Gasteiger partial charge is 0.484 e. The van der Waals surface area contributed by atoms with Crippen molar-refractivity contribution in [2.45, 2.75) is 23.5 Å². The average molecular weight is 439 g/mol. The Labute approximate surface area is 185 Å². The number of carbonyl (C=O) groups excluding carboxylic acids is 2. The summed E-state index contributed by atoms with van der Waals surface area (Å²) >= 11 is 1.36. The lowest BCUT2D eigenvalue weighted by Gasteiger charge is -2.16. The first kappa shape index (κ1) is 22.4. The van der Waals surface area contributed by atoms with E-state index in [1.807, 2.05) is 31.2 Å². The van der Waals surface area contributed by atoms with Crippen LogP contribution in [-0.4, -0.2) is 23.7 Å². The Morgan fingerprint density at radius 2 is 1.71 bits per heavy atom. The van der Waals surface area contributed by atoms with E-state index in [9.17, 15) is 14.0 Å². The zero-order chi connectivity index (χ0) is 22.1. The molecular weight excluding hydrogens is 415 g/mol. The van der Waals surface area contributed by atoms with Crippen LogP contribution >= 0.6 is 11.8 Å². The molecule has 3 aromatic carbocycles. The zero-order valence-corrected chi connectivity index (χ0v) is 17.8. The van der Waals surface area contributed by atoms with Gasteiger partial charge in [-0.15, -0.1) is 11.8 Å². The molecule has 1 unspecified atom stereocenters. The molecule has 0 aromatic heterocycles. The molecule has 0 aliphatic carbocycles. The maximum Gasteiger partial charge on any atom is 0.262 e. The summed E-state index contributed by atoms with van der Waals surface area (Å²) in [7, 11) is 0. The average Bonchev–Trinajstić information content (AvgIpc) is 2.78. The molecule has 160 valence electrons. The first-order valence-electron chi connectivity index (χ1n) is 9.85. The molecule has 2 N–H and O–H groups in total. The lowest BCUT2D eigenvalue weighted by molar-refractivity contribution is -0.118. The van der Waals surface area contributed by atoms with E-state index in [-0.39, 0.29) is 24.1 Å². The van der Waals surface area contributed by atoms with Gasteiger partial charge in [-0.05, 0) is 48.9 Å². The number of carbonyl (C=O) groups is 2. The molecule has 0 saturated carbocycles. The molecule has 0 aliphatic heterocycles. The summed E-state index contributed by atoms with van der Waals surface area (Å²) in [5.74, 6) is -0.412. The third-order valence-corrected chi connectivity index (χ3v) is 5.66. The molecule has 0 spiro atoms. The molecule has 31 heavy (non-hydrogen) atoms. The fourth-order valence-corrected chi connectivity index (χ4v) is 3.79. The van der Waals surface area contributed by atoms with Crippen LogP contribution in [0.3, 0.4) is 0 Å². The zero-order valence-electron chi connectivity index (χ0n) is 17.0. The van der Waals surface area contributed by atoms with Gasteiger partial charge in [0.1, 0.15) is 11.6 Å². The number of anilines is 2. The number of amides is 2. The topological polar surface area (TPSA) is 67.4 Å². The van der Waals surface area contributed by atoms with Gasteiger partial charge in [-0.1, -0.05) is 43.3 Å². The highest BCUT2D eigenvalue weighted by Gasteiger charge is 2.19. The van der Waals surface area contributed by atoms with Crippen LogP contribution < -0.4 is 15.4 Å². The number of halogens is 1. The van der Waals surface area contributed by atoms with Gasteiger partial charge in [0.2, 0.25) is 5.91 Å². The molecule has 0 fully saturated rings. The van der Waals surface area contributed by atoms with Gasteiger partial charge in [-0.25, -0.2) is 4.39 Å². The molecular formula is C24H23FN2O3S. The van der Waals surface area contributed by atoms with Crippen molar-refractivity contribution in [3.05, 3.63) is 84.7 Å². The molecule has 7 heteroatoms. The molecule has 5 nitrogen and oxygen atoms in total. The molecule has 0 bridgehead atoms. The number of para-hydroxylation sites is 2. The van der Waals surface area contributed by atoms with Crippen molar-refractivity contribution in [1.82, 2.24) is 0 Å². The second kappa shape index (κ2) is 11.2. The minimum Gasteiger partial charge on any atom is -0.484 e. The molecule has 0 heterocycles. The summed E-state index contributed by atoms with van der Waals surface area (Å²) in [5, 5.41) is 5.02. The number of benzene rings is 3. The Balaban J connectivity index is 1.57. The Morgan fingerprint density at radius 1 is 0.968 bits per heavy atom. The van der Waals surface area contributed by atoms with Crippen molar-refractivity contribution in [3.63, 3.8) is 0 Å². The van der Waals surface area contributed by atoms with E-state index in [2.05, 4.69) is 10.6 Å². The van der Waals surface area contributed by atoms with Crippen LogP contribution in [0.15, 0.2) is 83.8 Å². The molecule has 1 atom stereocenters. The molecule has 0 saturated heterocycles. The quantitative estimate of drug-likeness (QED) is 0.442. The molecule has 0 aliphatic rings. The summed E-state index contributed by atoms with van der Waals surface area (Å²) in [5.41, 5.74) is 0.766. The maximum absolute atomic E-state index is 13.8. The molecule has 3 rings (SSSR count). The summed E-state index contributed by atoms with van der Waals surface area (Å²) in [6, 6.07) is 22.4. The van der Waals surface area contributed by atoms with Crippen molar-refractivity contribution >= 4 is 35.0 Å². The Kier molecular flexibility index (Phi) is 8.06. The van der Waals surface area contributed by atoms with Crippen LogP contribution in [-0.2, 0) is 9.59 Å². The predicted octanol–water partition coefficient (Wildman–Crippen LogP) is 5.35. The van der Waals surface area contributed by atoms with Crippen molar-refractivity contribution in [1.29, 1.82) is 0 Å². The van der Waals surface area contributed by atoms with Gasteiger partial charge in [0, 0.05) is 10.6 Å². The van der Waals surface area contributed by atoms with Crippen molar-refractivity contribution in [2.75, 3.05) is 17.2 Å². The van der Waals surface area contributed by atoms with Crippen LogP contribution in [0.2, 0.25) is 0 Å². The van der Waals surface area contributed by atoms with E-state index in [1.54, 1.807) is 42.5 Å². The highest BCUT2D eigenvalue weighted by atomic mass is 32.2. The standard InChI is InChI=1S/C24H23FN2O3S/c1-2-22(24(29)27-21-14-7-6-13-20(21)25)31-19-12-8-9-17(15-19)26-23(28)16-30-18-10-4-3-5-11-18/h3-15,22H,2,16H2,1H3,(H,26,28)(H,27,29). The maximum atomic E-state index is 13.8. The smallest absolute Gasteiger partial charge is 0.262 e. The van der Waals surface area contributed by atoms with E-state index < -0.39 is 11.1 Å². The summed E-state index contributed by atoms with van der Waals surface area (Å²) in [6.45, 7) is 1.79. The summed E-state index contributed by atoms with van der Waals surface area (Å²) in [6.07, 6.45) is 0.562. The predicted molar refractivity (Wildman–Crippen MR) is 122 cm³/mol.